The first-order valence-electron chi connectivity index (χ1n) is 6.04. The number of nitrogens with zero attached hydrogens (tertiary/aromatic N) is 3. The summed E-state index contributed by atoms with van der Waals surface area (Å²) < 4.78 is 1.48. The van der Waals surface area contributed by atoms with Crippen LogP contribution in [-0.2, 0) is 13.5 Å². The molecule has 0 radical (unpaired) electrons. The van der Waals surface area contributed by atoms with Crippen molar-refractivity contribution in [3.05, 3.63) is 27.8 Å². The maximum absolute atomic E-state index is 11.8. The fourth-order valence-corrected chi connectivity index (χ4v) is 2.49. The molecular formula is C12H17N5OS. The molecular weight excluding hydrogens is 262 g/mol. The number of carbonyl (C=O) groups excluding carboxylic acids is 1. The van der Waals surface area contributed by atoms with Gasteiger partial charge in [0.15, 0.2) is 0 Å². The zero-order valence-electron chi connectivity index (χ0n) is 11.0. The quantitative estimate of drug-likeness (QED) is 0.803. The first kappa shape index (κ1) is 13.5. The molecule has 0 spiro atoms. The lowest BCUT2D eigenvalue weighted by atomic mass is 10.3. The van der Waals surface area contributed by atoms with Crippen LogP contribution in [0.25, 0.3) is 0 Å². The van der Waals surface area contributed by atoms with E-state index in [-0.39, 0.29) is 5.91 Å². The lowest BCUT2D eigenvalue weighted by Gasteiger charge is -2.03. The van der Waals surface area contributed by atoms with Gasteiger partial charge >= 0.3 is 0 Å². The van der Waals surface area contributed by atoms with Crippen LogP contribution < -0.4 is 11.1 Å². The van der Waals surface area contributed by atoms with E-state index in [4.69, 9.17) is 5.73 Å². The second-order valence-corrected chi connectivity index (χ2v) is 5.25. The lowest BCUT2D eigenvalue weighted by molar-refractivity contribution is 0.0954. The number of nitrogen functional groups attached to an aromatic ring is 1. The molecule has 2 aromatic rings. The molecule has 0 saturated heterocycles. The van der Waals surface area contributed by atoms with Crippen molar-refractivity contribution in [1.82, 2.24) is 20.1 Å². The van der Waals surface area contributed by atoms with Crippen LogP contribution in [0.3, 0.4) is 0 Å². The van der Waals surface area contributed by atoms with Gasteiger partial charge in [-0.25, -0.2) is 4.98 Å². The summed E-state index contributed by atoms with van der Waals surface area (Å²) in [6.45, 7) is 2.58. The number of carbonyl (C=O) groups is 1. The van der Waals surface area contributed by atoms with Crippen molar-refractivity contribution in [3.63, 3.8) is 0 Å². The third-order valence-electron chi connectivity index (χ3n) is 2.75. The van der Waals surface area contributed by atoms with Gasteiger partial charge < -0.3 is 11.1 Å². The van der Waals surface area contributed by atoms with E-state index >= 15 is 0 Å². The normalized spacial score (nSPS) is 10.6. The molecule has 2 rings (SSSR count). The van der Waals surface area contributed by atoms with E-state index in [1.165, 1.54) is 10.9 Å². The number of nitrogens with two attached hydrogens (primary N) is 1. The average molecular weight is 279 g/mol. The highest BCUT2D eigenvalue weighted by Crippen LogP contribution is 2.11. The van der Waals surface area contributed by atoms with Gasteiger partial charge in [0.2, 0.25) is 0 Å². The third-order valence-corrected chi connectivity index (χ3v) is 3.78. The van der Waals surface area contributed by atoms with Crippen molar-refractivity contribution in [2.75, 3.05) is 12.3 Å². The standard InChI is InChI=1S/C12H17N5OS/c1-8-7-19-10(16-8)4-3-5-14-12(18)9-6-15-17(2)11(9)13/h6-7H,3-5,13H2,1-2H3,(H,14,18). The number of aromatic nitrogens is 3. The summed E-state index contributed by atoms with van der Waals surface area (Å²) in [4.78, 5) is 16.2. The van der Waals surface area contributed by atoms with Gasteiger partial charge in [-0.15, -0.1) is 11.3 Å². The molecule has 0 aromatic carbocycles. The number of hydrogen-bond donors (Lipinski definition) is 2. The van der Waals surface area contributed by atoms with Gasteiger partial charge in [0, 0.05) is 31.1 Å². The summed E-state index contributed by atoms with van der Waals surface area (Å²) in [5, 5.41) is 9.91. The Hall–Kier alpha value is -1.89. The van der Waals surface area contributed by atoms with Crippen molar-refractivity contribution in [2.24, 2.45) is 7.05 Å². The van der Waals surface area contributed by atoms with E-state index in [1.54, 1.807) is 18.4 Å². The first-order valence-corrected chi connectivity index (χ1v) is 6.92. The molecule has 0 atom stereocenters. The van der Waals surface area contributed by atoms with Crippen LogP contribution in [0.5, 0.6) is 0 Å². The molecule has 19 heavy (non-hydrogen) atoms. The highest BCUT2D eigenvalue weighted by molar-refractivity contribution is 7.09. The lowest BCUT2D eigenvalue weighted by Crippen LogP contribution is -2.25. The van der Waals surface area contributed by atoms with Crippen molar-refractivity contribution < 1.29 is 4.79 Å². The van der Waals surface area contributed by atoms with Crippen molar-refractivity contribution in [2.45, 2.75) is 19.8 Å². The van der Waals surface area contributed by atoms with E-state index in [0.29, 0.717) is 17.9 Å². The first-order chi connectivity index (χ1) is 9.08. The van der Waals surface area contributed by atoms with E-state index in [0.717, 1.165) is 23.5 Å². The van der Waals surface area contributed by atoms with Crippen LogP contribution in [0.1, 0.15) is 27.5 Å². The molecule has 2 aromatic heterocycles. The molecule has 102 valence electrons. The Kier molecular flexibility index (Phi) is 4.16. The van der Waals surface area contributed by atoms with E-state index in [1.807, 2.05) is 12.3 Å². The van der Waals surface area contributed by atoms with Gasteiger partial charge in [-0.2, -0.15) is 5.10 Å². The number of aryl methyl sites for hydroxylation is 3. The minimum Gasteiger partial charge on any atom is -0.383 e. The van der Waals surface area contributed by atoms with Crippen LogP contribution in [-0.4, -0.2) is 27.2 Å². The van der Waals surface area contributed by atoms with Gasteiger partial charge in [-0.1, -0.05) is 0 Å². The SMILES string of the molecule is Cc1csc(CCCNC(=O)c2cnn(C)c2N)n1. The predicted octanol–water partition coefficient (Wildman–Crippen LogP) is 1.13. The summed E-state index contributed by atoms with van der Waals surface area (Å²) in [6, 6.07) is 0. The minimum atomic E-state index is -0.180. The molecule has 0 aliphatic rings. The number of anilines is 1. The molecule has 0 bridgehead atoms. The Balaban J connectivity index is 1.77. The second kappa shape index (κ2) is 5.83. The molecule has 3 N–H and O–H groups in total. The maximum Gasteiger partial charge on any atom is 0.256 e. The zero-order valence-corrected chi connectivity index (χ0v) is 11.8. The summed E-state index contributed by atoms with van der Waals surface area (Å²) in [5.41, 5.74) is 7.20. The van der Waals surface area contributed by atoms with E-state index in [2.05, 4.69) is 15.4 Å². The molecule has 0 aliphatic carbocycles. The minimum absolute atomic E-state index is 0.180. The van der Waals surface area contributed by atoms with Crippen LogP contribution >= 0.6 is 11.3 Å². The number of amides is 1. The maximum atomic E-state index is 11.8. The van der Waals surface area contributed by atoms with Crippen LogP contribution in [0.2, 0.25) is 0 Å². The molecule has 0 unspecified atom stereocenters. The Morgan fingerprint density at radius 1 is 1.58 bits per heavy atom. The molecule has 0 aliphatic heterocycles. The Morgan fingerprint density at radius 3 is 2.95 bits per heavy atom. The summed E-state index contributed by atoms with van der Waals surface area (Å²) in [7, 11) is 1.71. The Morgan fingerprint density at radius 2 is 2.37 bits per heavy atom. The number of thiazole rings is 1. The van der Waals surface area contributed by atoms with Crippen LogP contribution in [0.4, 0.5) is 5.82 Å². The predicted molar refractivity (Wildman–Crippen MR) is 75.1 cm³/mol. The van der Waals surface area contributed by atoms with Crippen LogP contribution in [0.15, 0.2) is 11.6 Å². The zero-order chi connectivity index (χ0) is 13.8. The Bertz CT molecular complexity index is 574. The van der Waals surface area contributed by atoms with E-state index < -0.39 is 0 Å². The highest BCUT2D eigenvalue weighted by Gasteiger charge is 2.12. The Labute approximate surface area is 115 Å². The summed E-state index contributed by atoms with van der Waals surface area (Å²) in [6.07, 6.45) is 3.22. The van der Waals surface area contributed by atoms with E-state index in [9.17, 15) is 4.79 Å². The largest absolute Gasteiger partial charge is 0.383 e. The molecule has 0 fully saturated rings. The molecule has 2 heterocycles. The fourth-order valence-electron chi connectivity index (χ4n) is 1.68. The topological polar surface area (TPSA) is 85.8 Å². The van der Waals surface area contributed by atoms with Crippen molar-refractivity contribution >= 4 is 23.1 Å². The van der Waals surface area contributed by atoms with Gasteiger partial charge in [0.05, 0.1) is 11.2 Å². The van der Waals surface area contributed by atoms with Gasteiger partial charge in [0.1, 0.15) is 11.4 Å². The van der Waals surface area contributed by atoms with Crippen molar-refractivity contribution in [1.29, 1.82) is 0 Å². The van der Waals surface area contributed by atoms with Gasteiger partial charge in [-0.05, 0) is 13.3 Å². The van der Waals surface area contributed by atoms with Gasteiger partial charge in [0.25, 0.3) is 5.91 Å². The van der Waals surface area contributed by atoms with Crippen molar-refractivity contribution in [3.8, 4) is 0 Å². The second-order valence-electron chi connectivity index (χ2n) is 4.31. The summed E-state index contributed by atoms with van der Waals surface area (Å²) >= 11 is 1.65. The molecule has 0 saturated carbocycles. The average Bonchev–Trinajstić information content (AvgIpc) is 2.93. The number of rotatable bonds is 5. The molecule has 7 heteroatoms. The fraction of sp³-hybridized carbons (Fsp3) is 0.417. The number of hydrogen-bond acceptors (Lipinski definition) is 5. The van der Waals surface area contributed by atoms with Gasteiger partial charge in [-0.3, -0.25) is 9.48 Å². The molecule has 1 amide bonds. The highest BCUT2D eigenvalue weighted by atomic mass is 32.1. The third kappa shape index (κ3) is 3.31. The number of nitrogens with one attached hydrogen (secondary N) is 1. The van der Waals surface area contributed by atoms with Crippen LogP contribution in [0, 0.1) is 6.92 Å². The monoisotopic (exact) mass is 279 g/mol. The summed E-state index contributed by atoms with van der Waals surface area (Å²) in [5.74, 6) is 0.203. The molecule has 6 nitrogen and oxygen atoms in total. The smallest absolute Gasteiger partial charge is 0.256 e.